The molecule has 0 aliphatic carbocycles. The average molecular weight is 376 g/mol. The number of amides is 1. The SMILES string of the molecule is C[C@@H](OC(=O)c1cccc(N2CCCC2=O)c1)C(=O)c1c[nH]c2ccccc12. The Labute approximate surface area is 162 Å². The van der Waals surface area contributed by atoms with Gasteiger partial charge in [-0.25, -0.2) is 4.79 Å². The van der Waals surface area contributed by atoms with Crippen molar-refractivity contribution in [2.75, 3.05) is 11.4 Å². The Bertz CT molecular complexity index is 1070. The second kappa shape index (κ2) is 7.31. The van der Waals surface area contributed by atoms with E-state index in [1.54, 1.807) is 42.3 Å². The molecule has 142 valence electrons. The summed E-state index contributed by atoms with van der Waals surface area (Å²) in [6.45, 7) is 2.21. The second-order valence-electron chi connectivity index (χ2n) is 6.86. The summed E-state index contributed by atoms with van der Waals surface area (Å²) in [7, 11) is 0. The standard InChI is InChI=1S/C22H20N2O4/c1-14(21(26)18-13-23-19-9-3-2-8-17(18)19)28-22(27)15-6-4-7-16(12-15)24-11-5-10-20(24)25/h2-4,6-9,12-14,23H,5,10-11H2,1H3/t14-/m1/s1. The fourth-order valence-electron chi connectivity index (χ4n) is 3.50. The topological polar surface area (TPSA) is 79.5 Å². The Hall–Kier alpha value is -3.41. The van der Waals surface area contributed by atoms with Gasteiger partial charge in [0.25, 0.3) is 0 Å². The maximum Gasteiger partial charge on any atom is 0.338 e. The maximum atomic E-state index is 12.8. The number of nitrogens with zero attached hydrogens (tertiary/aromatic N) is 1. The van der Waals surface area contributed by atoms with Gasteiger partial charge < -0.3 is 14.6 Å². The van der Waals surface area contributed by atoms with Crippen molar-refractivity contribution in [3.63, 3.8) is 0 Å². The number of benzene rings is 2. The minimum atomic E-state index is -0.927. The first-order valence-corrected chi connectivity index (χ1v) is 9.26. The molecule has 1 aromatic heterocycles. The van der Waals surface area contributed by atoms with Gasteiger partial charge in [-0.05, 0) is 37.6 Å². The van der Waals surface area contributed by atoms with E-state index >= 15 is 0 Å². The van der Waals surface area contributed by atoms with Crippen molar-refractivity contribution in [2.24, 2.45) is 0 Å². The molecule has 0 unspecified atom stereocenters. The van der Waals surface area contributed by atoms with Gasteiger partial charge in [0.05, 0.1) is 5.56 Å². The predicted molar refractivity (Wildman–Crippen MR) is 106 cm³/mol. The Kier molecular flexibility index (Phi) is 4.69. The highest BCUT2D eigenvalue weighted by molar-refractivity contribution is 6.10. The zero-order valence-corrected chi connectivity index (χ0v) is 15.5. The molecule has 2 aromatic carbocycles. The van der Waals surface area contributed by atoms with Crippen LogP contribution >= 0.6 is 0 Å². The first kappa shape index (κ1) is 18.0. The number of carbonyl (C=O) groups is 3. The van der Waals surface area contributed by atoms with E-state index in [1.807, 2.05) is 24.3 Å². The Balaban J connectivity index is 1.50. The number of hydrogen-bond donors (Lipinski definition) is 1. The number of ketones is 1. The molecule has 1 fully saturated rings. The molecule has 2 heterocycles. The van der Waals surface area contributed by atoms with Crippen LogP contribution in [0.4, 0.5) is 5.69 Å². The third kappa shape index (κ3) is 3.29. The lowest BCUT2D eigenvalue weighted by Gasteiger charge is -2.17. The van der Waals surface area contributed by atoms with Crippen LogP contribution in [-0.2, 0) is 9.53 Å². The van der Waals surface area contributed by atoms with Crippen LogP contribution in [0.25, 0.3) is 10.9 Å². The normalized spacial score (nSPS) is 15.0. The molecule has 4 rings (SSSR count). The van der Waals surface area contributed by atoms with Crippen molar-refractivity contribution in [2.45, 2.75) is 25.9 Å². The van der Waals surface area contributed by atoms with Gasteiger partial charge in [-0.2, -0.15) is 0 Å². The quantitative estimate of drug-likeness (QED) is 0.544. The monoisotopic (exact) mass is 376 g/mol. The number of fused-ring (bicyclic) bond motifs is 1. The fourth-order valence-corrected chi connectivity index (χ4v) is 3.50. The smallest absolute Gasteiger partial charge is 0.338 e. The number of nitrogens with one attached hydrogen (secondary N) is 1. The van der Waals surface area contributed by atoms with Gasteiger partial charge in [0.15, 0.2) is 6.10 Å². The van der Waals surface area contributed by atoms with E-state index in [9.17, 15) is 14.4 Å². The number of para-hydroxylation sites is 1. The van der Waals surface area contributed by atoms with Gasteiger partial charge in [-0.15, -0.1) is 0 Å². The van der Waals surface area contributed by atoms with Crippen LogP contribution in [0.3, 0.4) is 0 Å². The molecule has 3 aromatic rings. The lowest BCUT2D eigenvalue weighted by Crippen LogP contribution is -2.25. The van der Waals surface area contributed by atoms with Crippen molar-refractivity contribution in [1.29, 1.82) is 0 Å². The first-order chi connectivity index (χ1) is 13.5. The van der Waals surface area contributed by atoms with Gasteiger partial charge in [0.1, 0.15) is 0 Å². The van der Waals surface area contributed by atoms with Gasteiger partial charge in [-0.1, -0.05) is 24.3 Å². The van der Waals surface area contributed by atoms with E-state index in [1.165, 1.54) is 0 Å². The molecule has 1 aliphatic rings. The molecule has 1 N–H and O–H groups in total. The number of aromatic amines is 1. The molecule has 1 atom stereocenters. The van der Waals surface area contributed by atoms with Gasteiger partial charge in [-0.3, -0.25) is 9.59 Å². The number of hydrogen-bond acceptors (Lipinski definition) is 4. The highest BCUT2D eigenvalue weighted by Crippen LogP contribution is 2.24. The third-order valence-electron chi connectivity index (χ3n) is 4.97. The summed E-state index contributed by atoms with van der Waals surface area (Å²) in [5, 5.41) is 0.796. The Morgan fingerprint density at radius 3 is 2.75 bits per heavy atom. The minimum absolute atomic E-state index is 0.0494. The number of H-pyrrole nitrogens is 1. The molecule has 0 spiro atoms. The molecule has 0 radical (unpaired) electrons. The lowest BCUT2D eigenvalue weighted by molar-refractivity contribution is -0.117. The van der Waals surface area contributed by atoms with Crippen LogP contribution in [0.1, 0.15) is 40.5 Å². The summed E-state index contributed by atoms with van der Waals surface area (Å²) in [6.07, 6.45) is 2.04. The molecule has 1 saturated heterocycles. The van der Waals surface area contributed by atoms with Gasteiger partial charge in [0, 0.05) is 41.3 Å². The maximum absolute atomic E-state index is 12.8. The number of ether oxygens (including phenoxy) is 1. The Morgan fingerprint density at radius 1 is 1.14 bits per heavy atom. The Morgan fingerprint density at radius 2 is 1.96 bits per heavy atom. The molecule has 0 saturated carbocycles. The summed E-state index contributed by atoms with van der Waals surface area (Å²) >= 11 is 0. The summed E-state index contributed by atoms with van der Waals surface area (Å²) in [6, 6.07) is 14.2. The molecule has 28 heavy (non-hydrogen) atoms. The van der Waals surface area contributed by atoms with Crippen molar-refractivity contribution in [3.05, 3.63) is 65.9 Å². The number of Topliss-reactive ketones (excluding diaryl/α,β-unsaturated/α-hetero) is 1. The second-order valence-corrected chi connectivity index (χ2v) is 6.86. The molecule has 1 amide bonds. The van der Waals surface area contributed by atoms with E-state index in [0.29, 0.717) is 29.8 Å². The van der Waals surface area contributed by atoms with Crippen molar-refractivity contribution in [3.8, 4) is 0 Å². The van der Waals surface area contributed by atoms with Crippen molar-refractivity contribution in [1.82, 2.24) is 4.98 Å². The summed E-state index contributed by atoms with van der Waals surface area (Å²) < 4.78 is 5.41. The van der Waals surface area contributed by atoms with Crippen LogP contribution in [-0.4, -0.2) is 35.3 Å². The van der Waals surface area contributed by atoms with Crippen molar-refractivity contribution >= 4 is 34.3 Å². The van der Waals surface area contributed by atoms with E-state index in [-0.39, 0.29) is 11.7 Å². The molecule has 6 heteroatoms. The highest BCUT2D eigenvalue weighted by atomic mass is 16.5. The van der Waals surface area contributed by atoms with E-state index in [0.717, 1.165) is 17.3 Å². The van der Waals surface area contributed by atoms with Gasteiger partial charge >= 0.3 is 5.97 Å². The largest absolute Gasteiger partial charge is 0.451 e. The molecular formula is C22H20N2O4. The number of anilines is 1. The van der Waals surface area contributed by atoms with Crippen LogP contribution in [0, 0.1) is 0 Å². The van der Waals surface area contributed by atoms with E-state index in [2.05, 4.69) is 4.98 Å². The predicted octanol–water partition coefficient (Wildman–Crippen LogP) is 3.72. The number of rotatable bonds is 5. The summed E-state index contributed by atoms with van der Waals surface area (Å²) in [5.41, 5.74) is 2.34. The zero-order chi connectivity index (χ0) is 19.7. The molecule has 1 aliphatic heterocycles. The van der Waals surface area contributed by atoms with E-state index < -0.39 is 12.1 Å². The van der Waals surface area contributed by atoms with E-state index in [4.69, 9.17) is 4.74 Å². The fraction of sp³-hybridized carbons (Fsp3) is 0.227. The highest BCUT2D eigenvalue weighted by Gasteiger charge is 2.25. The molecule has 6 nitrogen and oxygen atoms in total. The van der Waals surface area contributed by atoms with Crippen LogP contribution in [0.2, 0.25) is 0 Å². The molecular weight excluding hydrogens is 356 g/mol. The number of aromatic nitrogens is 1. The van der Waals surface area contributed by atoms with Crippen LogP contribution < -0.4 is 4.90 Å². The first-order valence-electron chi connectivity index (χ1n) is 9.26. The van der Waals surface area contributed by atoms with Crippen molar-refractivity contribution < 1.29 is 19.1 Å². The summed E-state index contributed by atoms with van der Waals surface area (Å²) in [4.78, 5) is 42.0. The summed E-state index contributed by atoms with van der Waals surface area (Å²) in [5.74, 6) is -0.806. The minimum Gasteiger partial charge on any atom is -0.451 e. The number of esters is 1. The zero-order valence-electron chi connectivity index (χ0n) is 15.5. The molecule has 0 bridgehead atoms. The van der Waals surface area contributed by atoms with Crippen LogP contribution in [0.5, 0.6) is 0 Å². The van der Waals surface area contributed by atoms with Gasteiger partial charge in [0.2, 0.25) is 11.7 Å². The lowest BCUT2D eigenvalue weighted by atomic mass is 10.1. The number of carbonyl (C=O) groups excluding carboxylic acids is 3. The third-order valence-corrected chi connectivity index (χ3v) is 4.97. The average Bonchev–Trinajstić information content (AvgIpc) is 3.33. The van der Waals surface area contributed by atoms with Crippen LogP contribution in [0.15, 0.2) is 54.7 Å².